The van der Waals surface area contributed by atoms with Crippen molar-refractivity contribution < 1.29 is 14.7 Å². The molecule has 0 unspecified atom stereocenters. The zero-order valence-corrected chi connectivity index (χ0v) is 7.32. The van der Waals surface area contributed by atoms with Gasteiger partial charge >= 0.3 is 5.97 Å². The molecule has 4 N–H and O–H groups in total. The first-order valence-corrected chi connectivity index (χ1v) is 3.97. The number of amides is 1. The van der Waals surface area contributed by atoms with Crippen molar-refractivity contribution in [2.24, 2.45) is 5.73 Å². The lowest BCUT2D eigenvalue weighted by atomic mass is 10.1. The second-order valence-electron chi connectivity index (χ2n) is 2.53. The minimum atomic E-state index is -1.05. The topological polar surface area (TPSA) is 92.4 Å². The molecule has 1 atom stereocenters. The maximum atomic E-state index is 10.8. The lowest BCUT2D eigenvalue weighted by Gasteiger charge is -2.11. The van der Waals surface area contributed by atoms with Crippen LogP contribution in [-0.4, -0.2) is 29.6 Å². The van der Waals surface area contributed by atoms with E-state index in [1.165, 1.54) is 0 Å². The average Bonchev–Trinajstić information content (AvgIpc) is 2.11. The molecule has 0 aliphatic rings. The molecule has 13 heavy (non-hydrogen) atoms. The fourth-order valence-electron chi connectivity index (χ4n) is 0.810. The summed E-state index contributed by atoms with van der Waals surface area (Å²) >= 11 is 0. The number of carbonyl (C=O) groups is 2. The summed E-state index contributed by atoms with van der Waals surface area (Å²) in [5, 5.41) is 10.9. The molecule has 0 fully saturated rings. The van der Waals surface area contributed by atoms with Crippen molar-refractivity contribution in [1.82, 2.24) is 5.32 Å². The molecule has 1 amide bonds. The number of rotatable bonds is 6. The number of hydrogen-bond acceptors (Lipinski definition) is 3. The van der Waals surface area contributed by atoms with Gasteiger partial charge in [-0.3, -0.25) is 4.79 Å². The summed E-state index contributed by atoms with van der Waals surface area (Å²) in [4.78, 5) is 21.3. The quantitative estimate of drug-likeness (QED) is 0.487. The molecular formula is C8H14N2O3. The van der Waals surface area contributed by atoms with Crippen LogP contribution in [0.1, 0.15) is 12.8 Å². The van der Waals surface area contributed by atoms with Crippen LogP contribution in [-0.2, 0) is 9.59 Å². The van der Waals surface area contributed by atoms with Crippen LogP contribution in [0.3, 0.4) is 0 Å². The fourth-order valence-corrected chi connectivity index (χ4v) is 0.810. The Morgan fingerprint density at radius 2 is 2.23 bits per heavy atom. The van der Waals surface area contributed by atoms with Gasteiger partial charge in [-0.25, -0.2) is 4.79 Å². The Hall–Kier alpha value is -1.36. The number of carboxylic acid groups (broad SMARTS) is 1. The van der Waals surface area contributed by atoms with Gasteiger partial charge in [0.15, 0.2) is 0 Å². The third kappa shape index (κ3) is 4.97. The van der Waals surface area contributed by atoms with Crippen molar-refractivity contribution in [3.05, 3.63) is 12.7 Å². The van der Waals surface area contributed by atoms with Gasteiger partial charge < -0.3 is 16.2 Å². The molecule has 0 heterocycles. The monoisotopic (exact) mass is 186 g/mol. The smallest absolute Gasteiger partial charge is 0.326 e. The predicted molar refractivity (Wildman–Crippen MR) is 48.1 cm³/mol. The molecule has 0 rings (SSSR count). The van der Waals surface area contributed by atoms with Crippen LogP contribution in [0.4, 0.5) is 0 Å². The van der Waals surface area contributed by atoms with Crippen molar-refractivity contribution in [3.8, 4) is 0 Å². The Labute approximate surface area is 76.6 Å². The summed E-state index contributed by atoms with van der Waals surface area (Å²) < 4.78 is 0. The van der Waals surface area contributed by atoms with Crippen LogP contribution in [0.5, 0.6) is 0 Å². The third-order valence-electron chi connectivity index (χ3n) is 1.50. The second kappa shape index (κ2) is 6.19. The van der Waals surface area contributed by atoms with Crippen molar-refractivity contribution in [2.45, 2.75) is 18.9 Å². The molecule has 0 aliphatic carbocycles. The number of carboxylic acids is 1. The highest BCUT2D eigenvalue weighted by Crippen LogP contribution is 1.96. The van der Waals surface area contributed by atoms with E-state index in [4.69, 9.17) is 10.8 Å². The molecule has 0 aromatic heterocycles. The molecule has 0 saturated heterocycles. The number of aliphatic carboxylic acids is 1. The van der Waals surface area contributed by atoms with Crippen molar-refractivity contribution in [1.29, 1.82) is 0 Å². The van der Waals surface area contributed by atoms with Gasteiger partial charge in [-0.05, 0) is 25.5 Å². The Balaban J connectivity index is 4.01. The van der Waals surface area contributed by atoms with Crippen LogP contribution in [0.15, 0.2) is 12.7 Å². The van der Waals surface area contributed by atoms with E-state index in [-0.39, 0.29) is 0 Å². The first-order chi connectivity index (χ1) is 6.11. The van der Waals surface area contributed by atoms with Crippen LogP contribution >= 0.6 is 0 Å². The van der Waals surface area contributed by atoms with E-state index in [0.717, 1.165) is 6.08 Å². The van der Waals surface area contributed by atoms with Gasteiger partial charge in [0.25, 0.3) is 0 Å². The molecule has 0 aromatic carbocycles. The lowest BCUT2D eigenvalue weighted by Crippen LogP contribution is -2.40. The minimum Gasteiger partial charge on any atom is -0.480 e. The van der Waals surface area contributed by atoms with Gasteiger partial charge in [-0.1, -0.05) is 6.58 Å². The van der Waals surface area contributed by atoms with Crippen LogP contribution in [0, 0.1) is 0 Å². The summed E-state index contributed by atoms with van der Waals surface area (Å²) in [5.74, 6) is -1.53. The van der Waals surface area contributed by atoms with E-state index >= 15 is 0 Å². The van der Waals surface area contributed by atoms with E-state index in [1.54, 1.807) is 0 Å². The largest absolute Gasteiger partial charge is 0.480 e. The van der Waals surface area contributed by atoms with Gasteiger partial charge in [0.05, 0.1) is 0 Å². The van der Waals surface area contributed by atoms with E-state index < -0.39 is 17.9 Å². The Bertz CT molecular complexity index is 204. The summed E-state index contributed by atoms with van der Waals surface area (Å²) in [6.07, 6.45) is 1.94. The molecule has 0 radical (unpaired) electrons. The van der Waals surface area contributed by atoms with Crippen LogP contribution in [0.25, 0.3) is 0 Å². The highest BCUT2D eigenvalue weighted by Gasteiger charge is 2.17. The molecule has 0 bridgehead atoms. The highest BCUT2D eigenvalue weighted by atomic mass is 16.4. The van der Waals surface area contributed by atoms with Crippen LogP contribution in [0.2, 0.25) is 0 Å². The van der Waals surface area contributed by atoms with E-state index in [0.29, 0.717) is 19.4 Å². The number of hydrogen-bond donors (Lipinski definition) is 3. The van der Waals surface area contributed by atoms with Gasteiger partial charge in [-0.15, -0.1) is 0 Å². The van der Waals surface area contributed by atoms with Gasteiger partial charge in [0.1, 0.15) is 6.04 Å². The Morgan fingerprint density at radius 3 is 2.62 bits per heavy atom. The molecule has 74 valence electrons. The first-order valence-electron chi connectivity index (χ1n) is 3.97. The number of nitrogens with two attached hydrogens (primary N) is 1. The van der Waals surface area contributed by atoms with Gasteiger partial charge in [-0.2, -0.15) is 0 Å². The molecular weight excluding hydrogens is 172 g/mol. The molecule has 0 aliphatic heterocycles. The van der Waals surface area contributed by atoms with Gasteiger partial charge in [0.2, 0.25) is 5.91 Å². The maximum absolute atomic E-state index is 10.8. The summed E-state index contributed by atoms with van der Waals surface area (Å²) in [6.45, 7) is 3.63. The number of carbonyl (C=O) groups excluding carboxylic acids is 1. The third-order valence-corrected chi connectivity index (χ3v) is 1.50. The van der Waals surface area contributed by atoms with Crippen molar-refractivity contribution in [3.63, 3.8) is 0 Å². The highest BCUT2D eigenvalue weighted by molar-refractivity contribution is 5.90. The molecule has 0 spiro atoms. The van der Waals surface area contributed by atoms with E-state index in [2.05, 4.69) is 11.9 Å². The average molecular weight is 186 g/mol. The number of nitrogens with one attached hydrogen (secondary N) is 1. The fraction of sp³-hybridized carbons (Fsp3) is 0.500. The zero-order valence-electron chi connectivity index (χ0n) is 7.32. The summed E-state index contributed by atoms with van der Waals surface area (Å²) in [6, 6.07) is -0.867. The van der Waals surface area contributed by atoms with Crippen molar-refractivity contribution >= 4 is 11.9 Å². The Morgan fingerprint density at radius 1 is 1.62 bits per heavy atom. The second-order valence-corrected chi connectivity index (χ2v) is 2.53. The van der Waals surface area contributed by atoms with Gasteiger partial charge in [0, 0.05) is 0 Å². The van der Waals surface area contributed by atoms with E-state index in [9.17, 15) is 9.59 Å². The first kappa shape index (κ1) is 11.6. The normalized spacial score (nSPS) is 11.8. The SMILES string of the molecule is C=CC(=O)N[C@@H](CCCN)C(=O)O. The zero-order chi connectivity index (χ0) is 10.3. The maximum Gasteiger partial charge on any atom is 0.326 e. The Kier molecular flexibility index (Phi) is 5.54. The van der Waals surface area contributed by atoms with Crippen LogP contribution < -0.4 is 11.1 Å². The molecule has 0 saturated carbocycles. The summed E-state index contributed by atoms with van der Waals surface area (Å²) in [7, 11) is 0. The standard InChI is InChI=1S/C8H14N2O3/c1-2-7(11)10-6(8(12)13)4-3-5-9/h2,6H,1,3-5,9H2,(H,10,11)(H,12,13)/t6-/m0/s1. The predicted octanol–water partition coefficient (Wildman–Crippen LogP) is -0.519. The molecule has 0 aromatic rings. The molecule has 5 nitrogen and oxygen atoms in total. The minimum absolute atomic E-state index is 0.339. The summed E-state index contributed by atoms with van der Waals surface area (Å²) in [5.41, 5.74) is 5.21. The van der Waals surface area contributed by atoms with E-state index in [1.807, 2.05) is 0 Å². The van der Waals surface area contributed by atoms with Crippen molar-refractivity contribution in [2.75, 3.05) is 6.54 Å². The lowest BCUT2D eigenvalue weighted by molar-refractivity contribution is -0.141. The molecule has 5 heteroatoms.